The summed E-state index contributed by atoms with van der Waals surface area (Å²) >= 11 is 3.44. The Morgan fingerprint density at radius 3 is 2.77 bits per heavy atom. The lowest BCUT2D eigenvalue weighted by atomic mass is 9.99. The average Bonchev–Trinajstić information content (AvgIpc) is 2.99. The number of carbonyl (C=O) groups is 1. The number of furan rings is 1. The third kappa shape index (κ3) is 2.63. The minimum atomic E-state index is -0.675. The molecular formula is C20H14BrNO4. The number of esters is 1. The van der Waals surface area contributed by atoms with Crippen LogP contribution < -0.4 is 5.56 Å². The van der Waals surface area contributed by atoms with E-state index in [0.717, 1.165) is 9.86 Å². The molecule has 130 valence electrons. The molecule has 2 heterocycles. The lowest BCUT2D eigenvalue weighted by molar-refractivity contribution is 0.0525. The number of para-hydroxylation sites is 1. The van der Waals surface area contributed by atoms with Crippen molar-refractivity contribution in [2.45, 2.75) is 6.92 Å². The minimum absolute atomic E-state index is 0.0588. The van der Waals surface area contributed by atoms with Gasteiger partial charge in [0.25, 0.3) is 5.56 Å². The van der Waals surface area contributed by atoms with Crippen LogP contribution in [-0.4, -0.2) is 17.6 Å². The van der Waals surface area contributed by atoms with Crippen molar-refractivity contribution in [2.75, 3.05) is 6.61 Å². The zero-order valence-electron chi connectivity index (χ0n) is 13.8. The van der Waals surface area contributed by atoms with E-state index in [-0.39, 0.29) is 12.2 Å². The zero-order chi connectivity index (χ0) is 18.3. The predicted molar refractivity (Wildman–Crippen MR) is 103 cm³/mol. The lowest BCUT2D eigenvalue weighted by Gasteiger charge is -2.09. The van der Waals surface area contributed by atoms with Crippen LogP contribution in [0.5, 0.6) is 0 Å². The van der Waals surface area contributed by atoms with Gasteiger partial charge in [0.2, 0.25) is 0 Å². The number of nitrogens with one attached hydrogen (secondary N) is 1. The Morgan fingerprint density at radius 1 is 1.19 bits per heavy atom. The molecule has 26 heavy (non-hydrogen) atoms. The van der Waals surface area contributed by atoms with Crippen molar-refractivity contribution < 1.29 is 13.9 Å². The first-order valence-corrected chi connectivity index (χ1v) is 8.90. The van der Waals surface area contributed by atoms with Crippen molar-refractivity contribution >= 4 is 44.0 Å². The van der Waals surface area contributed by atoms with Crippen LogP contribution in [0, 0.1) is 0 Å². The summed E-state index contributed by atoms with van der Waals surface area (Å²) in [5.41, 5.74) is 2.21. The van der Waals surface area contributed by atoms with Gasteiger partial charge in [0.1, 0.15) is 11.1 Å². The molecule has 0 fully saturated rings. The van der Waals surface area contributed by atoms with E-state index in [0.29, 0.717) is 27.8 Å². The maximum absolute atomic E-state index is 12.8. The van der Waals surface area contributed by atoms with Crippen molar-refractivity contribution in [1.29, 1.82) is 0 Å². The fraction of sp³-hybridized carbons (Fsp3) is 0.100. The molecule has 4 aromatic rings. The van der Waals surface area contributed by atoms with Crippen LogP contribution in [0.3, 0.4) is 0 Å². The van der Waals surface area contributed by atoms with Gasteiger partial charge < -0.3 is 14.1 Å². The van der Waals surface area contributed by atoms with E-state index < -0.39 is 11.5 Å². The lowest BCUT2D eigenvalue weighted by Crippen LogP contribution is -2.21. The Balaban J connectivity index is 2.17. The highest BCUT2D eigenvalue weighted by Crippen LogP contribution is 2.36. The first-order valence-electron chi connectivity index (χ1n) is 8.10. The second kappa shape index (κ2) is 6.46. The van der Waals surface area contributed by atoms with Crippen molar-refractivity contribution in [3.63, 3.8) is 0 Å². The third-order valence-corrected chi connectivity index (χ3v) is 4.62. The molecule has 0 spiro atoms. The maximum atomic E-state index is 12.8. The van der Waals surface area contributed by atoms with Crippen LogP contribution in [0.15, 0.2) is 62.2 Å². The summed E-state index contributed by atoms with van der Waals surface area (Å²) in [6, 6.07) is 14.8. The van der Waals surface area contributed by atoms with Gasteiger partial charge in [-0.1, -0.05) is 40.2 Å². The van der Waals surface area contributed by atoms with Gasteiger partial charge in [-0.05, 0) is 36.8 Å². The quantitative estimate of drug-likeness (QED) is 0.487. The summed E-state index contributed by atoms with van der Waals surface area (Å²) in [5.74, 6) is -0.675. The molecule has 6 heteroatoms. The smallest absolute Gasteiger partial charge is 0.344 e. The predicted octanol–water partition coefficient (Wildman–Crippen LogP) is 4.88. The molecular weight excluding hydrogens is 398 g/mol. The summed E-state index contributed by atoms with van der Waals surface area (Å²) in [6.07, 6.45) is 0. The summed E-state index contributed by atoms with van der Waals surface area (Å²) in [4.78, 5) is 28.1. The Bertz CT molecular complexity index is 1210. The van der Waals surface area contributed by atoms with E-state index in [9.17, 15) is 9.59 Å². The third-order valence-electron chi connectivity index (χ3n) is 4.13. The first-order chi connectivity index (χ1) is 12.6. The highest BCUT2D eigenvalue weighted by molar-refractivity contribution is 9.10. The molecule has 0 aliphatic heterocycles. The normalized spacial score (nSPS) is 11.2. The van der Waals surface area contributed by atoms with Gasteiger partial charge in [-0.25, -0.2) is 4.79 Å². The number of pyridine rings is 1. The van der Waals surface area contributed by atoms with Gasteiger partial charge in [0, 0.05) is 15.4 Å². The highest BCUT2D eigenvalue weighted by atomic mass is 79.9. The van der Waals surface area contributed by atoms with Crippen molar-refractivity contribution in [1.82, 2.24) is 4.98 Å². The van der Waals surface area contributed by atoms with Crippen molar-refractivity contribution in [3.8, 4) is 11.1 Å². The van der Waals surface area contributed by atoms with Crippen molar-refractivity contribution in [2.24, 2.45) is 0 Å². The second-order valence-corrected chi connectivity index (χ2v) is 6.65. The maximum Gasteiger partial charge on any atom is 0.344 e. The van der Waals surface area contributed by atoms with Crippen LogP contribution in [0.25, 0.3) is 33.2 Å². The van der Waals surface area contributed by atoms with Crippen LogP contribution >= 0.6 is 15.9 Å². The topological polar surface area (TPSA) is 72.3 Å². The van der Waals surface area contributed by atoms with E-state index >= 15 is 0 Å². The fourth-order valence-electron chi connectivity index (χ4n) is 3.07. The van der Waals surface area contributed by atoms with E-state index in [4.69, 9.17) is 9.15 Å². The molecule has 4 rings (SSSR count). The molecule has 2 aromatic heterocycles. The molecule has 0 saturated heterocycles. The highest BCUT2D eigenvalue weighted by Gasteiger charge is 2.25. The number of fused-ring (bicyclic) bond motifs is 3. The molecule has 0 aliphatic carbocycles. The molecule has 0 amide bonds. The molecule has 0 saturated carbocycles. The number of H-pyrrole nitrogens is 1. The van der Waals surface area contributed by atoms with Gasteiger partial charge in [0.15, 0.2) is 5.58 Å². The van der Waals surface area contributed by atoms with E-state index in [1.54, 1.807) is 6.92 Å². The number of hydrogen-bond acceptors (Lipinski definition) is 4. The van der Waals surface area contributed by atoms with Crippen LogP contribution in [0.2, 0.25) is 0 Å². The second-order valence-electron chi connectivity index (χ2n) is 5.74. The number of rotatable bonds is 3. The van der Waals surface area contributed by atoms with Crippen LogP contribution in [0.4, 0.5) is 0 Å². The Labute approximate surface area is 156 Å². The number of ether oxygens (including phenoxy) is 1. The Kier molecular flexibility index (Phi) is 4.12. The molecule has 5 nitrogen and oxygen atoms in total. The minimum Gasteiger partial charge on any atom is -0.462 e. The van der Waals surface area contributed by atoms with Crippen molar-refractivity contribution in [3.05, 3.63) is 68.9 Å². The Hall–Kier alpha value is -2.86. The molecule has 1 N–H and O–H groups in total. The van der Waals surface area contributed by atoms with E-state index in [1.807, 2.05) is 48.5 Å². The monoisotopic (exact) mass is 411 g/mol. The van der Waals surface area contributed by atoms with Crippen LogP contribution in [0.1, 0.15) is 17.3 Å². The molecule has 0 atom stereocenters. The summed E-state index contributed by atoms with van der Waals surface area (Å²) in [5, 5.41) is 0.784. The van der Waals surface area contributed by atoms with Crippen LogP contribution in [-0.2, 0) is 4.74 Å². The molecule has 2 aromatic carbocycles. The summed E-state index contributed by atoms with van der Waals surface area (Å²) in [6.45, 7) is 1.87. The standard InChI is InChI=1S/C20H14BrNO4/c1-2-25-20(24)16-15(11-6-5-7-12(21)10-11)18-17(22-19(16)23)13-8-3-4-9-14(13)26-18/h3-10H,2H2,1H3,(H,22,23). The molecule has 0 aliphatic rings. The van der Waals surface area contributed by atoms with E-state index in [1.165, 1.54) is 0 Å². The molecule has 0 bridgehead atoms. The molecule has 0 unspecified atom stereocenters. The Morgan fingerprint density at radius 2 is 2.00 bits per heavy atom. The average molecular weight is 412 g/mol. The van der Waals surface area contributed by atoms with Gasteiger partial charge >= 0.3 is 5.97 Å². The van der Waals surface area contributed by atoms with Gasteiger partial charge in [0.05, 0.1) is 12.1 Å². The number of halogens is 1. The van der Waals surface area contributed by atoms with Gasteiger partial charge in [-0.15, -0.1) is 0 Å². The number of aromatic amines is 1. The number of benzene rings is 2. The number of aromatic nitrogens is 1. The van der Waals surface area contributed by atoms with E-state index in [2.05, 4.69) is 20.9 Å². The largest absolute Gasteiger partial charge is 0.462 e. The number of carbonyl (C=O) groups excluding carboxylic acids is 1. The van der Waals surface area contributed by atoms with Gasteiger partial charge in [-0.3, -0.25) is 4.79 Å². The number of hydrogen-bond donors (Lipinski definition) is 1. The first kappa shape index (κ1) is 16.6. The summed E-state index contributed by atoms with van der Waals surface area (Å²) < 4.78 is 11.9. The fourth-order valence-corrected chi connectivity index (χ4v) is 3.47. The molecule has 0 radical (unpaired) electrons. The van der Waals surface area contributed by atoms with Gasteiger partial charge in [-0.2, -0.15) is 0 Å². The summed E-state index contributed by atoms with van der Waals surface area (Å²) in [7, 11) is 0. The zero-order valence-corrected chi connectivity index (χ0v) is 15.4. The SMILES string of the molecule is CCOC(=O)c1c(-c2cccc(Br)c2)c2oc3ccccc3c2[nH]c1=O.